The van der Waals surface area contributed by atoms with Gasteiger partial charge in [0.05, 0.1) is 11.0 Å². The number of hydrogen-bond donors (Lipinski definition) is 1. The lowest BCUT2D eigenvalue weighted by atomic mass is 9.97. The molecule has 1 saturated heterocycles. The first kappa shape index (κ1) is 14.9. The molecule has 1 N–H and O–H groups in total. The number of nitro groups is 1. The molecule has 1 aliphatic rings. The van der Waals surface area contributed by atoms with Crippen LogP contribution in [-0.2, 0) is 6.54 Å². The first-order chi connectivity index (χ1) is 9.54. The van der Waals surface area contributed by atoms with Gasteiger partial charge in [-0.15, -0.1) is 0 Å². The van der Waals surface area contributed by atoms with Crippen LogP contribution in [0.1, 0.15) is 18.4 Å². The molecular formula is C14H20FN3O2. The van der Waals surface area contributed by atoms with Gasteiger partial charge in [-0.1, -0.05) is 0 Å². The van der Waals surface area contributed by atoms with Crippen molar-refractivity contribution in [3.63, 3.8) is 0 Å². The van der Waals surface area contributed by atoms with Gasteiger partial charge in [0.15, 0.2) is 0 Å². The van der Waals surface area contributed by atoms with Crippen molar-refractivity contribution in [2.24, 2.45) is 5.92 Å². The van der Waals surface area contributed by atoms with E-state index in [9.17, 15) is 14.5 Å². The molecule has 1 aromatic rings. The van der Waals surface area contributed by atoms with Gasteiger partial charge >= 0.3 is 0 Å². The van der Waals surface area contributed by atoms with Gasteiger partial charge in [-0.25, -0.2) is 4.39 Å². The first-order valence-electron chi connectivity index (χ1n) is 6.87. The standard InChI is InChI=1S/C14H20FN3O2/c1-17(9-11-2-4-16-5-3-11)10-12-6-13(15)8-14(7-12)18(19)20/h6-8,11,16H,2-5,9-10H2,1H3. The summed E-state index contributed by atoms with van der Waals surface area (Å²) in [5.74, 6) is 0.0919. The van der Waals surface area contributed by atoms with Gasteiger partial charge in [-0.3, -0.25) is 10.1 Å². The predicted octanol–water partition coefficient (Wildman–Crippen LogP) is 2.17. The van der Waals surface area contributed by atoms with Crippen LogP contribution in [0.4, 0.5) is 10.1 Å². The lowest BCUT2D eigenvalue weighted by Gasteiger charge is -2.27. The summed E-state index contributed by atoms with van der Waals surface area (Å²) < 4.78 is 13.4. The third-order valence-electron chi connectivity index (χ3n) is 3.63. The van der Waals surface area contributed by atoms with Gasteiger partial charge in [-0.05, 0) is 50.5 Å². The average Bonchev–Trinajstić information content (AvgIpc) is 2.38. The van der Waals surface area contributed by atoms with Crippen LogP contribution in [0.2, 0.25) is 0 Å². The number of benzene rings is 1. The molecule has 1 heterocycles. The second-order valence-electron chi connectivity index (χ2n) is 5.46. The summed E-state index contributed by atoms with van der Waals surface area (Å²) in [7, 11) is 1.97. The van der Waals surface area contributed by atoms with Crippen LogP contribution < -0.4 is 5.32 Å². The number of nitrogens with one attached hydrogen (secondary N) is 1. The third-order valence-corrected chi connectivity index (χ3v) is 3.63. The summed E-state index contributed by atoms with van der Waals surface area (Å²) >= 11 is 0. The quantitative estimate of drug-likeness (QED) is 0.664. The number of piperidine rings is 1. The van der Waals surface area contributed by atoms with E-state index in [1.54, 1.807) is 0 Å². The number of hydrogen-bond acceptors (Lipinski definition) is 4. The van der Waals surface area contributed by atoms with Gasteiger partial charge in [0.25, 0.3) is 5.69 Å². The normalized spacial score (nSPS) is 16.6. The molecule has 0 unspecified atom stereocenters. The topological polar surface area (TPSA) is 58.4 Å². The highest BCUT2D eigenvalue weighted by atomic mass is 19.1. The monoisotopic (exact) mass is 281 g/mol. The Hall–Kier alpha value is -1.53. The summed E-state index contributed by atoms with van der Waals surface area (Å²) in [6.45, 7) is 3.56. The molecule has 1 aliphatic heterocycles. The van der Waals surface area contributed by atoms with E-state index in [0.29, 0.717) is 18.0 Å². The zero-order valence-electron chi connectivity index (χ0n) is 11.6. The Morgan fingerprint density at radius 2 is 2.10 bits per heavy atom. The lowest BCUT2D eigenvalue weighted by Crippen LogP contribution is -2.34. The van der Waals surface area contributed by atoms with Crippen molar-refractivity contribution in [3.8, 4) is 0 Å². The Bertz CT molecular complexity index is 475. The maximum absolute atomic E-state index is 13.4. The zero-order chi connectivity index (χ0) is 14.5. The van der Waals surface area contributed by atoms with Gasteiger partial charge in [0, 0.05) is 19.2 Å². The Morgan fingerprint density at radius 1 is 1.40 bits per heavy atom. The highest BCUT2D eigenvalue weighted by Crippen LogP contribution is 2.19. The molecule has 110 valence electrons. The molecule has 1 aromatic carbocycles. The summed E-state index contributed by atoms with van der Waals surface area (Å²) in [5.41, 5.74) is 0.461. The maximum Gasteiger partial charge on any atom is 0.272 e. The summed E-state index contributed by atoms with van der Waals surface area (Å²) in [6, 6.07) is 3.77. The molecule has 0 bridgehead atoms. The minimum Gasteiger partial charge on any atom is -0.317 e. The van der Waals surface area contributed by atoms with Crippen molar-refractivity contribution < 1.29 is 9.31 Å². The van der Waals surface area contributed by atoms with Crippen molar-refractivity contribution >= 4 is 5.69 Å². The molecule has 0 aliphatic carbocycles. The van der Waals surface area contributed by atoms with Crippen molar-refractivity contribution in [3.05, 3.63) is 39.7 Å². The molecule has 6 heteroatoms. The number of nitro benzene ring substituents is 1. The molecule has 0 saturated carbocycles. The molecule has 0 amide bonds. The smallest absolute Gasteiger partial charge is 0.272 e. The summed E-state index contributed by atoms with van der Waals surface area (Å²) in [5, 5.41) is 14.0. The third kappa shape index (κ3) is 4.25. The van der Waals surface area contributed by atoms with E-state index < -0.39 is 10.7 Å². The van der Waals surface area contributed by atoms with Crippen LogP contribution in [0, 0.1) is 21.8 Å². The van der Waals surface area contributed by atoms with Crippen molar-refractivity contribution in [1.29, 1.82) is 0 Å². The van der Waals surface area contributed by atoms with Crippen molar-refractivity contribution in [2.45, 2.75) is 19.4 Å². The van der Waals surface area contributed by atoms with E-state index in [-0.39, 0.29) is 5.69 Å². The SMILES string of the molecule is CN(Cc1cc(F)cc([N+](=O)[O-])c1)CC1CCNCC1. The van der Waals surface area contributed by atoms with Crippen LogP contribution in [-0.4, -0.2) is 36.5 Å². The Balaban J connectivity index is 1.96. The van der Waals surface area contributed by atoms with E-state index in [2.05, 4.69) is 10.2 Å². The van der Waals surface area contributed by atoms with Crippen LogP contribution in [0.5, 0.6) is 0 Å². The highest BCUT2D eigenvalue weighted by molar-refractivity contribution is 5.35. The van der Waals surface area contributed by atoms with Crippen LogP contribution >= 0.6 is 0 Å². The minimum atomic E-state index is -0.556. The average molecular weight is 281 g/mol. The molecule has 0 aromatic heterocycles. The molecule has 20 heavy (non-hydrogen) atoms. The fourth-order valence-electron chi connectivity index (χ4n) is 2.71. The first-order valence-corrected chi connectivity index (χ1v) is 6.87. The molecular weight excluding hydrogens is 261 g/mol. The largest absolute Gasteiger partial charge is 0.317 e. The molecule has 5 nitrogen and oxygen atoms in total. The fraction of sp³-hybridized carbons (Fsp3) is 0.571. The van der Waals surface area contributed by atoms with E-state index in [4.69, 9.17) is 0 Å². The van der Waals surface area contributed by atoms with Crippen LogP contribution in [0.25, 0.3) is 0 Å². The van der Waals surface area contributed by atoms with Crippen LogP contribution in [0.15, 0.2) is 18.2 Å². The molecule has 0 radical (unpaired) electrons. The zero-order valence-corrected chi connectivity index (χ0v) is 11.6. The van der Waals surface area contributed by atoms with Gasteiger partial charge in [0.2, 0.25) is 0 Å². The Morgan fingerprint density at radius 3 is 2.75 bits per heavy atom. The minimum absolute atomic E-state index is 0.185. The summed E-state index contributed by atoms with van der Waals surface area (Å²) in [4.78, 5) is 12.3. The van der Waals surface area contributed by atoms with Gasteiger partial charge in [0.1, 0.15) is 5.82 Å². The van der Waals surface area contributed by atoms with E-state index in [1.165, 1.54) is 12.1 Å². The van der Waals surface area contributed by atoms with E-state index in [1.807, 2.05) is 7.05 Å². The number of rotatable bonds is 5. The summed E-state index contributed by atoms with van der Waals surface area (Å²) in [6.07, 6.45) is 2.29. The molecule has 2 rings (SSSR count). The van der Waals surface area contributed by atoms with Gasteiger partial charge < -0.3 is 10.2 Å². The Labute approximate surface area is 117 Å². The predicted molar refractivity (Wildman–Crippen MR) is 75.0 cm³/mol. The number of halogens is 1. The number of nitrogens with zero attached hydrogens (tertiary/aromatic N) is 2. The highest BCUT2D eigenvalue weighted by Gasteiger charge is 2.16. The van der Waals surface area contributed by atoms with Crippen LogP contribution in [0.3, 0.4) is 0 Å². The molecule has 0 spiro atoms. The van der Waals surface area contributed by atoms with Crippen molar-refractivity contribution in [2.75, 3.05) is 26.7 Å². The Kier molecular flexibility index (Phi) is 5.03. The molecule has 1 fully saturated rings. The van der Waals surface area contributed by atoms with Crippen molar-refractivity contribution in [1.82, 2.24) is 10.2 Å². The fourth-order valence-corrected chi connectivity index (χ4v) is 2.71. The maximum atomic E-state index is 13.4. The number of non-ortho nitro benzene ring substituents is 1. The van der Waals surface area contributed by atoms with E-state index >= 15 is 0 Å². The van der Waals surface area contributed by atoms with Gasteiger partial charge in [-0.2, -0.15) is 0 Å². The second kappa shape index (κ2) is 6.76. The lowest BCUT2D eigenvalue weighted by molar-refractivity contribution is -0.385. The molecule has 0 atom stereocenters. The van der Waals surface area contributed by atoms with E-state index in [0.717, 1.165) is 38.5 Å². The second-order valence-corrected chi connectivity index (χ2v) is 5.46.